The quantitative estimate of drug-likeness (QED) is 0.795. The normalized spacial score (nSPS) is 20.1. The largest absolute Gasteiger partial charge is 0.370 e. The van der Waals surface area contributed by atoms with Gasteiger partial charge in [-0.1, -0.05) is 38.4 Å². The molecule has 0 radical (unpaired) electrons. The van der Waals surface area contributed by atoms with E-state index in [1.165, 1.54) is 6.07 Å². The number of hydrogen-bond acceptors (Lipinski definition) is 2. The maximum Gasteiger partial charge on any atom is 0.228 e. The Morgan fingerprint density at radius 1 is 1.45 bits per heavy atom. The van der Waals surface area contributed by atoms with Crippen LogP contribution in [0, 0.1) is 11.2 Å². The number of benzene rings is 1. The first kappa shape index (κ1) is 15.3. The van der Waals surface area contributed by atoms with Gasteiger partial charge in [-0.15, -0.1) is 0 Å². The van der Waals surface area contributed by atoms with Crippen molar-refractivity contribution in [2.75, 3.05) is 19.7 Å². The zero-order chi connectivity index (χ0) is 14.9. The van der Waals surface area contributed by atoms with Gasteiger partial charge in [-0.3, -0.25) is 4.79 Å². The van der Waals surface area contributed by atoms with Gasteiger partial charge < -0.3 is 9.64 Å². The minimum absolute atomic E-state index is 0.0744. The molecule has 0 N–H and O–H groups in total. The second-order valence-corrected chi connectivity index (χ2v) is 6.44. The summed E-state index contributed by atoms with van der Waals surface area (Å²) < 4.78 is 18.9. The van der Waals surface area contributed by atoms with E-state index in [2.05, 4.69) is 0 Å². The van der Waals surface area contributed by atoms with Gasteiger partial charge in [-0.2, -0.15) is 0 Å². The summed E-state index contributed by atoms with van der Waals surface area (Å²) >= 11 is 5.79. The lowest BCUT2D eigenvalue weighted by molar-refractivity contribution is -0.147. The van der Waals surface area contributed by atoms with Crippen LogP contribution in [-0.2, 0) is 9.53 Å². The molecule has 1 aliphatic rings. The summed E-state index contributed by atoms with van der Waals surface area (Å²) in [7, 11) is 0. The molecule has 0 saturated carbocycles. The molecular formula is C15H19ClFNO2. The van der Waals surface area contributed by atoms with Crippen molar-refractivity contribution in [1.29, 1.82) is 0 Å². The molecule has 1 amide bonds. The lowest BCUT2D eigenvalue weighted by Crippen LogP contribution is -2.46. The van der Waals surface area contributed by atoms with Gasteiger partial charge in [0.1, 0.15) is 11.9 Å². The Morgan fingerprint density at radius 3 is 2.75 bits per heavy atom. The molecule has 0 spiro atoms. The second-order valence-electron chi connectivity index (χ2n) is 6.03. The Bertz CT molecular complexity index is 513. The van der Waals surface area contributed by atoms with Crippen molar-refractivity contribution in [1.82, 2.24) is 4.90 Å². The summed E-state index contributed by atoms with van der Waals surface area (Å²) in [6.45, 7) is 7.22. The molecule has 1 aromatic carbocycles. The number of rotatable bonds is 1. The predicted molar refractivity (Wildman–Crippen MR) is 76.1 cm³/mol. The lowest BCUT2D eigenvalue weighted by atomic mass is 9.94. The van der Waals surface area contributed by atoms with Gasteiger partial charge >= 0.3 is 0 Å². The van der Waals surface area contributed by atoms with Crippen LogP contribution in [0.5, 0.6) is 0 Å². The fourth-order valence-electron chi connectivity index (χ4n) is 2.22. The Balaban J connectivity index is 2.14. The number of hydrogen-bond donors (Lipinski definition) is 0. The first-order valence-corrected chi connectivity index (χ1v) is 7.03. The number of carbonyl (C=O) groups is 1. The topological polar surface area (TPSA) is 29.5 Å². The van der Waals surface area contributed by atoms with E-state index in [-0.39, 0.29) is 17.0 Å². The summed E-state index contributed by atoms with van der Waals surface area (Å²) in [5.74, 6) is -0.354. The predicted octanol–water partition coefficient (Wildman–Crippen LogP) is 3.43. The standard InChI is InChI=1S/C15H19ClFNO2/c1-15(2,3)14(19)18-6-7-20-13(9-18)10-4-5-12(17)11(16)8-10/h4-5,8,13H,6-7,9H2,1-3H3/t13-/m0/s1. The number of carbonyl (C=O) groups excluding carboxylic acids is 1. The number of ether oxygens (including phenoxy) is 1. The number of nitrogens with zero attached hydrogens (tertiary/aromatic N) is 1. The number of morpholine rings is 1. The van der Waals surface area contributed by atoms with E-state index in [4.69, 9.17) is 16.3 Å². The van der Waals surface area contributed by atoms with Crippen molar-refractivity contribution in [3.8, 4) is 0 Å². The molecule has 1 atom stereocenters. The second kappa shape index (κ2) is 5.70. The summed E-state index contributed by atoms with van der Waals surface area (Å²) in [4.78, 5) is 14.1. The molecule has 2 rings (SSSR count). The van der Waals surface area contributed by atoms with Crippen LogP contribution in [0.3, 0.4) is 0 Å². The van der Waals surface area contributed by atoms with Gasteiger partial charge in [-0.05, 0) is 17.7 Å². The summed E-state index contributed by atoms with van der Waals surface area (Å²) in [5.41, 5.74) is 0.380. The number of halogens is 2. The average Bonchev–Trinajstić information content (AvgIpc) is 2.40. The maximum absolute atomic E-state index is 13.2. The molecule has 3 nitrogen and oxygen atoms in total. The van der Waals surface area contributed by atoms with Gasteiger partial charge in [0, 0.05) is 12.0 Å². The highest BCUT2D eigenvalue weighted by Gasteiger charge is 2.32. The van der Waals surface area contributed by atoms with Crippen LogP contribution in [0.2, 0.25) is 5.02 Å². The highest BCUT2D eigenvalue weighted by atomic mass is 35.5. The summed E-state index contributed by atoms with van der Waals surface area (Å²) in [6.07, 6.45) is -0.256. The van der Waals surface area contributed by atoms with E-state index in [9.17, 15) is 9.18 Å². The van der Waals surface area contributed by atoms with Crippen molar-refractivity contribution in [3.63, 3.8) is 0 Å². The first-order valence-electron chi connectivity index (χ1n) is 6.65. The molecule has 0 aromatic heterocycles. The summed E-state index contributed by atoms with van der Waals surface area (Å²) in [6, 6.07) is 4.54. The molecule has 1 aromatic rings. The average molecular weight is 300 g/mol. The maximum atomic E-state index is 13.2. The van der Waals surface area contributed by atoms with Crippen LogP contribution in [0.25, 0.3) is 0 Å². The molecule has 1 heterocycles. The number of amides is 1. The molecule has 0 aliphatic carbocycles. The molecule has 0 unspecified atom stereocenters. The Kier molecular flexibility index (Phi) is 4.35. The van der Waals surface area contributed by atoms with E-state index >= 15 is 0 Å². The van der Waals surface area contributed by atoms with Gasteiger partial charge in [0.15, 0.2) is 0 Å². The molecule has 110 valence electrons. The monoisotopic (exact) mass is 299 g/mol. The Hall–Kier alpha value is -1.13. The van der Waals surface area contributed by atoms with Crippen molar-refractivity contribution in [2.24, 2.45) is 5.41 Å². The highest BCUT2D eigenvalue weighted by Crippen LogP contribution is 2.28. The zero-order valence-electron chi connectivity index (χ0n) is 12.0. The lowest BCUT2D eigenvalue weighted by Gasteiger charge is -2.36. The van der Waals surface area contributed by atoms with Crippen LogP contribution in [-0.4, -0.2) is 30.5 Å². The highest BCUT2D eigenvalue weighted by molar-refractivity contribution is 6.30. The van der Waals surface area contributed by atoms with E-state index < -0.39 is 11.2 Å². The summed E-state index contributed by atoms with van der Waals surface area (Å²) in [5, 5.41) is 0.0744. The SMILES string of the molecule is CC(C)(C)C(=O)N1CCO[C@H](c2ccc(F)c(Cl)c2)C1. The minimum atomic E-state index is -0.450. The molecule has 1 saturated heterocycles. The van der Waals surface area contributed by atoms with Crippen LogP contribution in [0.1, 0.15) is 32.4 Å². The van der Waals surface area contributed by atoms with Crippen molar-refractivity contribution >= 4 is 17.5 Å². The van der Waals surface area contributed by atoms with Gasteiger partial charge in [-0.25, -0.2) is 4.39 Å². The Morgan fingerprint density at radius 2 is 2.15 bits per heavy atom. The van der Waals surface area contributed by atoms with Gasteiger partial charge in [0.05, 0.1) is 18.2 Å². The third-order valence-corrected chi connectivity index (χ3v) is 3.60. The van der Waals surface area contributed by atoms with E-state index in [1.54, 1.807) is 17.0 Å². The van der Waals surface area contributed by atoms with E-state index in [1.807, 2.05) is 20.8 Å². The third kappa shape index (κ3) is 3.30. The fourth-order valence-corrected chi connectivity index (χ4v) is 2.41. The molecule has 5 heteroatoms. The fraction of sp³-hybridized carbons (Fsp3) is 0.533. The van der Waals surface area contributed by atoms with Crippen molar-refractivity contribution in [2.45, 2.75) is 26.9 Å². The third-order valence-electron chi connectivity index (χ3n) is 3.31. The zero-order valence-corrected chi connectivity index (χ0v) is 12.7. The van der Waals surface area contributed by atoms with Crippen molar-refractivity contribution in [3.05, 3.63) is 34.6 Å². The minimum Gasteiger partial charge on any atom is -0.370 e. The molecule has 1 aliphatic heterocycles. The molecule has 20 heavy (non-hydrogen) atoms. The molecule has 1 fully saturated rings. The molecular weight excluding hydrogens is 281 g/mol. The van der Waals surface area contributed by atoms with Gasteiger partial charge in [0.2, 0.25) is 5.91 Å². The van der Waals surface area contributed by atoms with E-state index in [0.717, 1.165) is 5.56 Å². The van der Waals surface area contributed by atoms with Gasteiger partial charge in [0.25, 0.3) is 0 Å². The Labute approximate surface area is 123 Å². The van der Waals surface area contributed by atoms with Crippen LogP contribution in [0.4, 0.5) is 4.39 Å². The van der Waals surface area contributed by atoms with Crippen LogP contribution in [0.15, 0.2) is 18.2 Å². The van der Waals surface area contributed by atoms with E-state index in [0.29, 0.717) is 19.7 Å². The first-order chi connectivity index (χ1) is 9.29. The smallest absolute Gasteiger partial charge is 0.228 e. The van der Waals surface area contributed by atoms with Crippen LogP contribution >= 0.6 is 11.6 Å². The van der Waals surface area contributed by atoms with Crippen LogP contribution < -0.4 is 0 Å². The van der Waals surface area contributed by atoms with Crippen molar-refractivity contribution < 1.29 is 13.9 Å². The molecule has 0 bridgehead atoms.